The molecule has 1 aliphatic heterocycles. The van der Waals surface area contributed by atoms with Gasteiger partial charge in [-0.1, -0.05) is 260 Å². The molecule has 0 radical (unpaired) electrons. The maximum atomic E-state index is 13.5. The van der Waals surface area contributed by atoms with E-state index in [0.717, 1.165) is 109 Å². The molecule has 11 nitrogen and oxygen atoms in total. The van der Waals surface area contributed by atoms with Gasteiger partial charge in [-0.3, -0.25) is 9.59 Å². The van der Waals surface area contributed by atoms with Gasteiger partial charge in [0.05, 0.1) is 25.4 Å². The standard InChI is InChI=1S/C70H123NO10/c1-4-7-10-13-16-19-22-25-27-29-31-32-33-35-37-40-43-46-49-52-55-58-65(75)81-68-67(77)66(76)64(59-72)80-70(68)79-60-61(62(73)56-53-50-47-44-41-38-24-21-18-15-12-9-6-3)71-69(78)63(74)57-54-51-48-45-42-39-36-34-30-28-26-23-20-17-14-11-8-5-2/h16-17,19-20,25-28,31-32,34,36,53,56,61-64,66-68,70,72-74,76-77H,4-15,18,21-24,29-30,33,35,37-52,54-55,57-60H2,1-3H3,(H,71,78)/b19-16-,20-17-,27-25-,28-26-,32-31-,36-34-,56-53+. The lowest BCUT2D eigenvalue weighted by Gasteiger charge is -2.41. The number of nitrogens with one attached hydrogen (secondary N) is 1. The molecule has 11 heteroatoms. The molecular weight excluding hydrogens is 1010 g/mol. The van der Waals surface area contributed by atoms with Gasteiger partial charge in [0.2, 0.25) is 5.91 Å². The highest BCUT2D eigenvalue weighted by atomic mass is 16.7. The van der Waals surface area contributed by atoms with Crippen LogP contribution in [0.1, 0.15) is 284 Å². The normalized spacial score (nSPS) is 19.2. The molecule has 0 bridgehead atoms. The molecule has 0 saturated carbocycles. The highest BCUT2D eigenvalue weighted by molar-refractivity contribution is 5.80. The maximum Gasteiger partial charge on any atom is 0.306 e. The monoisotopic (exact) mass is 1140 g/mol. The van der Waals surface area contributed by atoms with E-state index in [1.807, 2.05) is 6.08 Å². The topological polar surface area (TPSA) is 175 Å². The molecule has 1 aliphatic rings. The van der Waals surface area contributed by atoms with Crippen LogP contribution < -0.4 is 5.32 Å². The van der Waals surface area contributed by atoms with E-state index in [-0.39, 0.29) is 19.4 Å². The fourth-order valence-corrected chi connectivity index (χ4v) is 9.96. The molecule has 0 aromatic carbocycles. The van der Waals surface area contributed by atoms with Crippen LogP contribution >= 0.6 is 0 Å². The first kappa shape index (κ1) is 75.9. The number of esters is 1. The number of hydrogen-bond donors (Lipinski definition) is 6. The van der Waals surface area contributed by atoms with Gasteiger partial charge in [0, 0.05) is 6.42 Å². The van der Waals surface area contributed by atoms with E-state index in [4.69, 9.17) is 14.2 Å². The second-order valence-electron chi connectivity index (χ2n) is 22.8. The Balaban J connectivity index is 2.67. The first-order valence-electron chi connectivity index (χ1n) is 33.4. The molecule has 6 N–H and O–H groups in total. The van der Waals surface area contributed by atoms with Crippen molar-refractivity contribution in [1.82, 2.24) is 5.32 Å². The Kier molecular flexibility index (Phi) is 53.6. The summed E-state index contributed by atoms with van der Waals surface area (Å²) in [6, 6.07) is -1.04. The average Bonchev–Trinajstić information content (AvgIpc) is 3.53. The number of rotatable bonds is 56. The SMILES string of the molecule is CCCCC/C=C\C/C=C\C/C=C\CCCCCCCCCCC(=O)OC1C(OCC(NC(=O)C(O)CCCCCCC/C=C\C/C=C\C/C=C\CCCCC)C(O)/C=C/CCCCCCCCCCCCC)OC(CO)C(O)C1O. The van der Waals surface area contributed by atoms with Gasteiger partial charge < -0.3 is 45.1 Å². The molecular formula is C70H123NO10. The highest BCUT2D eigenvalue weighted by Gasteiger charge is 2.47. The molecule has 8 unspecified atom stereocenters. The Bertz CT molecular complexity index is 1640. The third kappa shape index (κ3) is 45.0. The fraction of sp³-hybridized carbons (Fsp3) is 0.771. The Hall–Kier alpha value is -3.16. The van der Waals surface area contributed by atoms with Crippen LogP contribution in [0.2, 0.25) is 0 Å². The van der Waals surface area contributed by atoms with Crippen molar-refractivity contribution < 1.29 is 49.3 Å². The summed E-state index contributed by atoms with van der Waals surface area (Å²) < 4.78 is 17.7. The van der Waals surface area contributed by atoms with E-state index >= 15 is 0 Å². The molecule has 468 valence electrons. The van der Waals surface area contributed by atoms with Crippen molar-refractivity contribution in [2.75, 3.05) is 13.2 Å². The van der Waals surface area contributed by atoms with Crippen molar-refractivity contribution in [2.45, 2.75) is 333 Å². The summed E-state index contributed by atoms with van der Waals surface area (Å²) in [5.74, 6) is -1.21. The molecule has 1 fully saturated rings. The average molecular weight is 1140 g/mol. The minimum atomic E-state index is -1.62. The summed E-state index contributed by atoms with van der Waals surface area (Å²) in [6.45, 7) is 5.74. The number of amides is 1. The number of hydrogen-bond acceptors (Lipinski definition) is 10. The molecule has 0 aromatic heterocycles. The lowest BCUT2D eigenvalue weighted by Crippen LogP contribution is -2.61. The van der Waals surface area contributed by atoms with E-state index in [1.165, 1.54) is 128 Å². The van der Waals surface area contributed by atoms with Crippen LogP contribution in [0.25, 0.3) is 0 Å². The largest absolute Gasteiger partial charge is 0.454 e. The van der Waals surface area contributed by atoms with Gasteiger partial charge in [0.1, 0.15) is 24.4 Å². The summed E-state index contributed by atoms with van der Waals surface area (Å²) in [4.78, 5) is 26.6. The number of carbonyl (C=O) groups is 2. The third-order valence-corrected chi connectivity index (χ3v) is 15.3. The van der Waals surface area contributed by atoms with Crippen molar-refractivity contribution in [2.24, 2.45) is 0 Å². The summed E-state index contributed by atoms with van der Waals surface area (Å²) in [5.41, 5.74) is 0. The molecule has 81 heavy (non-hydrogen) atoms. The zero-order valence-corrected chi connectivity index (χ0v) is 51.9. The third-order valence-electron chi connectivity index (χ3n) is 15.3. The molecule has 1 amide bonds. The smallest absolute Gasteiger partial charge is 0.306 e. The van der Waals surface area contributed by atoms with Crippen LogP contribution in [-0.2, 0) is 23.8 Å². The zero-order valence-electron chi connectivity index (χ0n) is 51.9. The van der Waals surface area contributed by atoms with Crippen molar-refractivity contribution in [3.63, 3.8) is 0 Å². The number of aliphatic hydroxyl groups excluding tert-OH is 5. The van der Waals surface area contributed by atoms with Gasteiger partial charge in [-0.25, -0.2) is 0 Å². The van der Waals surface area contributed by atoms with Gasteiger partial charge >= 0.3 is 5.97 Å². The predicted molar refractivity (Wildman–Crippen MR) is 338 cm³/mol. The molecule has 0 aromatic rings. The Morgan fingerprint density at radius 2 is 0.852 bits per heavy atom. The van der Waals surface area contributed by atoms with Crippen LogP contribution in [0.3, 0.4) is 0 Å². The second kappa shape index (κ2) is 57.3. The molecule has 1 saturated heterocycles. The Labute approximate surface area is 495 Å². The van der Waals surface area contributed by atoms with Gasteiger partial charge in [-0.15, -0.1) is 0 Å². The van der Waals surface area contributed by atoms with Gasteiger partial charge in [0.25, 0.3) is 0 Å². The molecule has 0 aliphatic carbocycles. The van der Waals surface area contributed by atoms with Crippen LogP contribution in [0, 0.1) is 0 Å². The van der Waals surface area contributed by atoms with Crippen LogP contribution in [-0.4, -0.2) is 99.6 Å². The van der Waals surface area contributed by atoms with Gasteiger partial charge in [-0.05, 0) is 103 Å². The number of unbranched alkanes of at least 4 members (excludes halogenated alkanes) is 30. The van der Waals surface area contributed by atoms with E-state index in [9.17, 15) is 35.1 Å². The number of aliphatic hydroxyl groups is 5. The van der Waals surface area contributed by atoms with Crippen LogP contribution in [0.5, 0.6) is 0 Å². The van der Waals surface area contributed by atoms with Gasteiger partial charge in [-0.2, -0.15) is 0 Å². The van der Waals surface area contributed by atoms with Crippen molar-refractivity contribution >= 4 is 11.9 Å². The summed E-state index contributed by atoms with van der Waals surface area (Å²) in [5, 5.41) is 57.1. The van der Waals surface area contributed by atoms with E-state index in [1.54, 1.807) is 6.08 Å². The summed E-state index contributed by atoms with van der Waals surface area (Å²) in [7, 11) is 0. The molecule has 1 rings (SSSR count). The lowest BCUT2D eigenvalue weighted by atomic mass is 9.99. The van der Waals surface area contributed by atoms with E-state index in [0.29, 0.717) is 12.8 Å². The second-order valence-corrected chi connectivity index (χ2v) is 22.8. The lowest BCUT2D eigenvalue weighted by molar-refractivity contribution is -0.305. The first-order chi connectivity index (χ1) is 39.7. The molecule has 1 heterocycles. The predicted octanol–water partition coefficient (Wildman–Crippen LogP) is 16.5. The number of allylic oxidation sites excluding steroid dienone is 13. The fourth-order valence-electron chi connectivity index (χ4n) is 9.96. The Morgan fingerprint density at radius 3 is 1.30 bits per heavy atom. The quantitative estimate of drug-likeness (QED) is 0.0195. The van der Waals surface area contributed by atoms with Crippen molar-refractivity contribution in [1.29, 1.82) is 0 Å². The number of carbonyl (C=O) groups excluding carboxylic acids is 2. The van der Waals surface area contributed by atoms with Crippen molar-refractivity contribution in [3.05, 3.63) is 85.1 Å². The highest BCUT2D eigenvalue weighted by Crippen LogP contribution is 2.26. The first-order valence-corrected chi connectivity index (χ1v) is 33.4. The van der Waals surface area contributed by atoms with E-state index < -0.39 is 67.4 Å². The van der Waals surface area contributed by atoms with Gasteiger partial charge in [0.15, 0.2) is 12.4 Å². The molecule has 0 spiro atoms. The number of ether oxygens (including phenoxy) is 3. The molecule has 8 atom stereocenters. The van der Waals surface area contributed by atoms with E-state index in [2.05, 4.69) is 99.0 Å². The zero-order chi connectivity index (χ0) is 58.9. The maximum absolute atomic E-state index is 13.5. The minimum absolute atomic E-state index is 0.110. The Morgan fingerprint density at radius 1 is 0.481 bits per heavy atom. The van der Waals surface area contributed by atoms with Crippen LogP contribution in [0.4, 0.5) is 0 Å². The van der Waals surface area contributed by atoms with Crippen LogP contribution in [0.15, 0.2) is 85.1 Å². The van der Waals surface area contributed by atoms with Crippen molar-refractivity contribution in [3.8, 4) is 0 Å². The summed E-state index contributed by atoms with van der Waals surface area (Å²) >= 11 is 0. The summed E-state index contributed by atoms with van der Waals surface area (Å²) in [6.07, 6.45) is 64.6. The minimum Gasteiger partial charge on any atom is -0.454 e.